The number of rotatable bonds is 3. The molecule has 3 heteroatoms. The van der Waals surface area contributed by atoms with Crippen molar-refractivity contribution in [1.29, 1.82) is 0 Å². The molecular weight excluding hydrogens is 132 g/mol. The highest BCUT2D eigenvalue weighted by Gasteiger charge is 1.97. The lowest BCUT2D eigenvalue weighted by molar-refractivity contribution is -0.107. The van der Waals surface area contributed by atoms with Gasteiger partial charge in [0.05, 0.1) is 6.42 Å². The van der Waals surface area contributed by atoms with Gasteiger partial charge in [0, 0.05) is 0 Å². The lowest BCUT2D eigenvalue weighted by Gasteiger charge is -1.82. The zero-order chi connectivity index (χ0) is 7.40. The van der Waals surface area contributed by atoms with Gasteiger partial charge in [0.2, 0.25) is 0 Å². The van der Waals surface area contributed by atoms with Gasteiger partial charge in [-0.05, 0) is 12.1 Å². The van der Waals surface area contributed by atoms with E-state index in [9.17, 15) is 9.59 Å². The van der Waals surface area contributed by atoms with Crippen molar-refractivity contribution < 1.29 is 14.0 Å². The normalized spacial score (nSPS) is 9.20. The fourth-order valence-electron chi connectivity index (χ4n) is 0.650. The minimum atomic E-state index is 0.230. The summed E-state index contributed by atoms with van der Waals surface area (Å²) >= 11 is 0. The van der Waals surface area contributed by atoms with Crippen LogP contribution in [0.25, 0.3) is 0 Å². The van der Waals surface area contributed by atoms with Crippen LogP contribution in [0.4, 0.5) is 0 Å². The number of carbonyl (C=O) groups excluding carboxylic acids is 2. The Hall–Kier alpha value is -1.38. The molecule has 3 nitrogen and oxygen atoms in total. The molecule has 10 heavy (non-hydrogen) atoms. The van der Waals surface area contributed by atoms with E-state index in [0.29, 0.717) is 12.0 Å². The quantitative estimate of drug-likeness (QED) is 0.581. The van der Waals surface area contributed by atoms with Gasteiger partial charge in [0.15, 0.2) is 12.0 Å². The van der Waals surface area contributed by atoms with Gasteiger partial charge in [-0.2, -0.15) is 0 Å². The molecule has 0 saturated heterocycles. The highest BCUT2D eigenvalue weighted by Crippen LogP contribution is 2.04. The van der Waals surface area contributed by atoms with Crippen molar-refractivity contribution in [1.82, 2.24) is 0 Å². The van der Waals surface area contributed by atoms with Crippen molar-refractivity contribution in [3.8, 4) is 0 Å². The Morgan fingerprint density at radius 3 is 2.70 bits per heavy atom. The predicted molar refractivity (Wildman–Crippen MR) is 33.9 cm³/mol. The molecule has 0 aliphatic heterocycles. The van der Waals surface area contributed by atoms with Crippen LogP contribution in [0.15, 0.2) is 16.5 Å². The second kappa shape index (κ2) is 2.96. The summed E-state index contributed by atoms with van der Waals surface area (Å²) in [6.07, 6.45) is 1.57. The van der Waals surface area contributed by atoms with Crippen molar-refractivity contribution in [2.75, 3.05) is 0 Å². The van der Waals surface area contributed by atoms with Crippen LogP contribution in [0.3, 0.4) is 0 Å². The lowest BCUT2D eigenvalue weighted by atomic mass is 10.3. The smallest absolute Gasteiger partial charge is 0.185 e. The number of aldehydes is 2. The van der Waals surface area contributed by atoms with Crippen molar-refractivity contribution in [3.63, 3.8) is 0 Å². The molecular formula is C7H6O3. The molecule has 0 radical (unpaired) electrons. The Balaban J connectivity index is 2.77. The third-order valence-electron chi connectivity index (χ3n) is 1.08. The van der Waals surface area contributed by atoms with Crippen LogP contribution in [0.5, 0.6) is 0 Å². The molecule has 0 aliphatic rings. The molecule has 1 aromatic heterocycles. The number of hydrogen-bond donors (Lipinski definition) is 0. The topological polar surface area (TPSA) is 47.3 Å². The second-order valence-corrected chi connectivity index (χ2v) is 1.79. The molecule has 0 amide bonds. The van der Waals surface area contributed by atoms with Crippen molar-refractivity contribution >= 4 is 12.6 Å². The Kier molecular flexibility index (Phi) is 1.99. The fraction of sp³-hybridized carbons (Fsp3) is 0.143. The van der Waals surface area contributed by atoms with E-state index in [1.165, 1.54) is 6.07 Å². The first kappa shape index (κ1) is 6.74. The van der Waals surface area contributed by atoms with Crippen molar-refractivity contribution in [2.45, 2.75) is 6.42 Å². The average molecular weight is 138 g/mol. The third-order valence-corrected chi connectivity index (χ3v) is 1.08. The van der Waals surface area contributed by atoms with Gasteiger partial charge >= 0.3 is 0 Å². The van der Waals surface area contributed by atoms with Crippen molar-refractivity contribution in [3.05, 3.63) is 23.7 Å². The summed E-state index contributed by atoms with van der Waals surface area (Å²) in [7, 11) is 0. The van der Waals surface area contributed by atoms with Gasteiger partial charge < -0.3 is 9.21 Å². The maximum Gasteiger partial charge on any atom is 0.185 e. The van der Waals surface area contributed by atoms with Gasteiger partial charge in [0.25, 0.3) is 0 Å². The molecule has 1 heterocycles. The van der Waals surface area contributed by atoms with Crippen LogP contribution in [-0.2, 0) is 11.2 Å². The van der Waals surface area contributed by atoms with Gasteiger partial charge in [-0.3, -0.25) is 4.79 Å². The number of carbonyl (C=O) groups is 2. The maximum atomic E-state index is 10.0. The van der Waals surface area contributed by atoms with E-state index in [1.807, 2.05) is 0 Å². The standard InChI is InChI=1S/C7H6O3/c8-4-3-6-1-2-7(5-9)10-6/h1-2,4-5H,3H2. The van der Waals surface area contributed by atoms with Gasteiger partial charge in [-0.25, -0.2) is 0 Å². The summed E-state index contributed by atoms with van der Waals surface area (Å²) in [5.74, 6) is 0.786. The number of hydrogen-bond acceptors (Lipinski definition) is 3. The molecule has 1 rings (SSSR count). The summed E-state index contributed by atoms with van der Waals surface area (Å²) in [5, 5.41) is 0. The maximum absolute atomic E-state index is 10.0. The molecule has 0 N–H and O–H groups in total. The Morgan fingerprint density at radius 2 is 2.20 bits per heavy atom. The lowest BCUT2D eigenvalue weighted by Crippen LogP contribution is -1.79. The molecule has 0 spiro atoms. The molecule has 0 saturated carbocycles. The van der Waals surface area contributed by atoms with E-state index in [2.05, 4.69) is 0 Å². The van der Waals surface area contributed by atoms with Crippen LogP contribution >= 0.6 is 0 Å². The molecule has 0 unspecified atom stereocenters. The zero-order valence-electron chi connectivity index (χ0n) is 5.24. The first-order valence-corrected chi connectivity index (χ1v) is 2.84. The van der Waals surface area contributed by atoms with E-state index >= 15 is 0 Å². The van der Waals surface area contributed by atoms with E-state index in [4.69, 9.17) is 4.42 Å². The van der Waals surface area contributed by atoms with Gasteiger partial charge in [-0.1, -0.05) is 0 Å². The predicted octanol–water partition coefficient (Wildman–Crippen LogP) is 0.834. The third kappa shape index (κ3) is 1.31. The van der Waals surface area contributed by atoms with Gasteiger partial charge in [-0.15, -0.1) is 0 Å². The first-order chi connectivity index (χ1) is 4.86. The monoisotopic (exact) mass is 138 g/mol. The Labute approximate surface area is 57.6 Å². The first-order valence-electron chi connectivity index (χ1n) is 2.84. The summed E-state index contributed by atoms with van der Waals surface area (Å²) in [4.78, 5) is 20.0. The Bertz CT molecular complexity index is 237. The molecule has 0 aliphatic carbocycles. The van der Waals surface area contributed by atoms with Crippen LogP contribution in [0, 0.1) is 0 Å². The molecule has 0 atom stereocenters. The highest BCUT2D eigenvalue weighted by atomic mass is 16.3. The highest BCUT2D eigenvalue weighted by molar-refractivity contribution is 5.70. The zero-order valence-corrected chi connectivity index (χ0v) is 5.24. The largest absolute Gasteiger partial charge is 0.458 e. The van der Waals surface area contributed by atoms with Crippen LogP contribution in [0.1, 0.15) is 16.3 Å². The van der Waals surface area contributed by atoms with Crippen LogP contribution < -0.4 is 0 Å². The SMILES string of the molecule is O=CCc1ccc(C=O)o1. The number of furan rings is 1. The molecule has 0 aromatic carbocycles. The molecule has 52 valence electrons. The second-order valence-electron chi connectivity index (χ2n) is 1.79. The minimum Gasteiger partial charge on any atom is -0.458 e. The average Bonchev–Trinajstić information content (AvgIpc) is 2.37. The summed E-state index contributed by atoms with van der Waals surface area (Å²) in [6.45, 7) is 0. The van der Waals surface area contributed by atoms with E-state index < -0.39 is 0 Å². The summed E-state index contributed by atoms with van der Waals surface area (Å²) in [6, 6.07) is 3.14. The molecule has 1 aromatic rings. The molecule has 0 bridgehead atoms. The Morgan fingerprint density at radius 1 is 1.40 bits per heavy atom. The van der Waals surface area contributed by atoms with Crippen molar-refractivity contribution in [2.24, 2.45) is 0 Å². The fourth-order valence-corrected chi connectivity index (χ4v) is 0.650. The minimum absolute atomic E-state index is 0.230. The van der Waals surface area contributed by atoms with Gasteiger partial charge in [0.1, 0.15) is 12.0 Å². The van der Waals surface area contributed by atoms with Crippen LogP contribution in [-0.4, -0.2) is 12.6 Å². The van der Waals surface area contributed by atoms with E-state index in [1.54, 1.807) is 6.07 Å². The summed E-state index contributed by atoms with van der Waals surface area (Å²) in [5.41, 5.74) is 0. The summed E-state index contributed by atoms with van der Waals surface area (Å²) < 4.78 is 4.87. The van der Waals surface area contributed by atoms with Crippen LogP contribution in [0.2, 0.25) is 0 Å². The van der Waals surface area contributed by atoms with E-state index in [0.717, 1.165) is 6.29 Å². The molecule has 0 fully saturated rings. The van der Waals surface area contributed by atoms with E-state index in [-0.39, 0.29) is 12.2 Å².